The number of carboxylic acid groups (broad SMARTS) is 1. The quantitative estimate of drug-likeness (QED) is 0.631. The fourth-order valence-corrected chi connectivity index (χ4v) is 6.38. The van der Waals surface area contributed by atoms with Gasteiger partial charge in [0.05, 0.1) is 23.2 Å². The van der Waals surface area contributed by atoms with Gasteiger partial charge in [-0.05, 0) is 50.0 Å². The Morgan fingerprint density at radius 1 is 1.28 bits per heavy atom. The van der Waals surface area contributed by atoms with Gasteiger partial charge in [-0.15, -0.1) is 0 Å². The third kappa shape index (κ3) is 4.21. The molecule has 0 amide bonds. The van der Waals surface area contributed by atoms with Crippen molar-refractivity contribution in [1.82, 2.24) is 0 Å². The van der Waals surface area contributed by atoms with E-state index in [1.54, 1.807) is 18.0 Å². The maximum Gasteiger partial charge on any atom is 0.308 e. The van der Waals surface area contributed by atoms with Gasteiger partial charge in [-0.2, -0.15) is 0 Å². The number of hydrogen-bond acceptors (Lipinski definition) is 3. The normalized spacial score (nSPS) is 33.7. The van der Waals surface area contributed by atoms with Crippen LogP contribution in [0.15, 0.2) is 12.1 Å². The number of nitrogens with zero attached hydrogens (tertiary/aromatic N) is 1. The second-order valence-corrected chi connectivity index (χ2v) is 10.2. The first-order valence-corrected chi connectivity index (χ1v) is 11.2. The zero-order valence-electron chi connectivity index (χ0n) is 17.3. The molecule has 1 N–H and O–H groups in total. The number of hydrogen-bond donors (Lipinski definition) is 1. The summed E-state index contributed by atoms with van der Waals surface area (Å²) in [5.74, 6) is 0.271. The molecule has 3 saturated carbocycles. The molecule has 29 heavy (non-hydrogen) atoms. The van der Waals surface area contributed by atoms with Crippen LogP contribution in [0.4, 0.5) is 10.1 Å². The highest BCUT2D eigenvalue weighted by atomic mass is 35.5. The summed E-state index contributed by atoms with van der Waals surface area (Å²) >= 11 is 6.45. The van der Waals surface area contributed by atoms with Crippen LogP contribution in [0.1, 0.15) is 58.3 Å². The van der Waals surface area contributed by atoms with Gasteiger partial charge in [0.15, 0.2) is 0 Å². The number of halogens is 2. The van der Waals surface area contributed by atoms with E-state index in [1.165, 1.54) is 38.2 Å². The van der Waals surface area contributed by atoms with E-state index < -0.39 is 17.7 Å². The lowest BCUT2D eigenvalue weighted by Gasteiger charge is -2.37. The summed E-state index contributed by atoms with van der Waals surface area (Å²) in [7, 11) is 1.75. The molecule has 3 aliphatic carbocycles. The van der Waals surface area contributed by atoms with Gasteiger partial charge in [0.2, 0.25) is 0 Å². The molecule has 0 aromatic heterocycles. The highest BCUT2D eigenvalue weighted by Gasteiger charge is 2.41. The number of rotatable bonds is 6. The summed E-state index contributed by atoms with van der Waals surface area (Å²) in [5, 5.41) is 9.82. The summed E-state index contributed by atoms with van der Waals surface area (Å²) in [6.45, 7) is 2.83. The molecule has 6 heteroatoms. The fraction of sp³-hybridized carbons (Fsp3) is 0.696. The Labute approximate surface area is 177 Å². The molecule has 0 heterocycles. The molecule has 1 aromatic carbocycles. The molecule has 0 saturated heterocycles. The first kappa shape index (κ1) is 20.8. The highest BCUT2D eigenvalue weighted by Crippen LogP contribution is 2.50. The van der Waals surface area contributed by atoms with Gasteiger partial charge in [-0.1, -0.05) is 37.8 Å². The minimum absolute atomic E-state index is 0.123. The van der Waals surface area contributed by atoms with E-state index in [0.717, 1.165) is 24.7 Å². The van der Waals surface area contributed by atoms with E-state index in [0.29, 0.717) is 29.5 Å². The van der Waals surface area contributed by atoms with Gasteiger partial charge in [-0.25, -0.2) is 4.39 Å². The third-order valence-corrected chi connectivity index (χ3v) is 7.76. The lowest BCUT2D eigenvalue weighted by atomic mass is 9.71. The zero-order chi connectivity index (χ0) is 20.8. The smallest absolute Gasteiger partial charge is 0.308 e. The van der Waals surface area contributed by atoms with Crippen molar-refractivity contribution in [3.05, 3.63) is 23.0 Å². The van der Waals surface area contributed by atoms with Gasteiger partial charge >= 0.3 is 5.97 Å². The summed E-state index contributed by atoms with van der Waals surface area (Å²) in [6, 6.07) is 2.72. The van der Waals surface area contributed by atoms with E-state index in [2.05, 4.69) is 6.92 Å². The Kier molecular flexibility index (Phi) is 5.71. The van der Waals surface area contributed by atoms with Crippen molar-refractivity contribution in [1.29, 1.82) is 0 Å². The maximum atomic E-state index is 14.9. The van der Waals surface area contributed by atoms with Crippen LogP contribution in [-0.2, 0) is 4.79 Å². The number of aliphatic carboxylic acids is 1. The molecule has 5 atom stereocenters. The molecule has 4 rings (SSSR count). The molecule has 3 fully saturated rings. The van der Waals surface area contributed by atoms with Crippen molar-refractivity contribution in [3.8, 4) is 5.75 Å². The van der Waals surface area contributed by atoms with Crippen molar-refractivity contribution in [2.24, 2.45) is 23.2 Å². The number of carboxylic acids is 1. The van der Waals surface area contributed by atoms with E-state index in [4.69, 9.17) is 16.3 Å². The Hall–Kier alpha value is -1.49. The second kappa shape index (κ2) is 7.98. The van der Waals surface area contributed by atoms with E-state index in [9.17, 15) is 14.3 Å². The molecule has 1 aromatic rings. The molecular weight excluding hydrogens is 393 g/mol. The number of fused-ring (bicyclic) bond motifs is 2. The SMILES string of the molecule is CN(c1cc(Cl)c(OCC2(C)C[C@@H]3CC[C@@H](C3)C2)cc1F)C1CCC[C@H]1C(=O)O. The van der Waals surface area contributed by atoms with Gasteiger partial charge in [-0.3, -0.25) is 4.79 Å². The molecule has 2 bridgehead atoms. The molecule has 0 spiro atoms. The molecule has 160 valence electrons. The summed E-state index contributed by atoms with van der Waals surface area (Å²) in [6.07, 6.45) is 8.55. The van der Waals surface area contributed by atoms with Crippen LogP contribution < -0.4 is 9.64 Å². The number of ether oxygens (including phenoxy) is 1. The maximum absolute atomic E-state index is 14.9. The van der Waals surface area contributed by atoms with Crippen LogP contribution >= 0.6 is 11.6 Å². The minimum atomic E-state index is -0.819. The van der Waals surface area contributed by atoms with Crippen LogP contribution in [0.25, 0.3) is 0 Å². The monoisotopic (exact) mass is 423 g/mol. The first-order valence-electron chi connectivity index (χ1n) is 10.8. The second-order valence-electron chi connectivity index (χ2n) is 9.84. The van der Waals surface area contributed by atoms with Crippen molar-refractivity contribution in [2.75, 3.05) is 18.6 Å². The minimum Gasteiger partial charge on any atom is -0.491 e. The van der Waals surface area contributed by atoms with Crippen molar-refractivity contribution in [2.45, 2.75) is 64.3 Å². The van der Waals surface area contributed by atoms with Gasteiger partial charge < -0.3 is 14.7 Å². The topological polar surface area (TPSA) is 49.8 Å². The van der Waals surface area contributed by atoms with Crippen molar-refractivity contribution < 1.29 is 19.0 Å². The molecule has 0 radical (unpaired) electrons. The van der Waals surface area contributed by atoms with Crippen LogP contribution in [0.2, 0.25) is 5.02 Å². The average Bonchev–Trinajstić information content (AvgIpc) is 3.28. The lowest BCUT2D eigenvalue weighted by molar-refractivity contribution is -0.141. The summed E-state index contributed by atoms with van der Waals surface area (Å²) in [4.78, 5) is 13.2. The molecular formula is C23H31ClFNO3. The van der Waals surface area contributed by atoms with E-state index in [1.807, 2.05) is 0 Å². The summed E-state index contributed by atoms with van der Waals surface area (Å²) in [5.41, 5.74) is 0.459. The van der Waals surface area contributed by atoms with Crippen LogP contribution in [0.3, 0.4) is 0 Å². The predicted octanol–water partition coefficient (Wildman–Crippen LogP) is 5.76. The zero-order valence-corrected chi connectivity index (χ0v) is 18.1. The lowest BCUT2D eigenvalue weighted by Crippen LogP contribution is -2.38. The molecule has 2 unspecified atom stereocenters. The highest BCUT2D eigenvalue weighted by molar-refractivity contribution is 6.32. The van der Waals surface area contributed by atoms with Crippen molar-refractivity contribution in [3.63, 3.8) is 0 Å². The standard InChI is InChI=1S/C23H31ClFNO3/c1-23(11-14-6-7-15(8-14)12-23)13-29-21-10-18(25)20(9-17(21)24)26(2)19-5-3-4-16(19)22(27)28/h9-10,14-16,19H,3-8,11-13H2,1-2H3,(H,27,28)/t14-,15+,16-,19?,23?/m1/s1. The fourth-order valence-electron chi connectivity index (χ4n) is 6.17. The van der Waals surface area contributed by atoms with Gasteiger partial charge in [0.1, 0.15) is 11.6 Å². The third-order valence-electron chi connectivity index (χ3n) is 7.46. The Balaban J connectivity index is 1.46. The van der Waals surface area contributed by atoms with Crippen LogP contribution in [0, 0.1) is 29.0 Å². The van der Waals surface area contributed by atoms with Gasteiger partial charge in [0.25, 0.3) is 0 Å². The number of anilines is 1. The molecule has 3 aliphatic rings. The number of benzene rings is 1. The Morgan fingerprint density at radius 2 is 1.97 bits per heavy atom. The Morgan fingerprint density at radius 3 is 2.62 bits per heavy atom. The number of carbonyl (C=O) groups is 1. The van der Waals surface area contributed by atoms with E-state index >= 15 is 0 Å². The van der Waals surface area contributed by atoms with Crippen LogP contribution in [0.5, 0.6) is 5.75 Å². The average molecular weight is 424 g/mol. The van der Waals surface area contributed by atoms with Crippen molar-refractivity contribution >= 4 is 23.3 Å². The Bertz CT molecular complexity index is 774. The molecule has 0 aliphatic heterocycles. The predicted molar refractivity (Wildman–Crippen MR) is 112 cm³/mol. The van der Waals surface area contributed by atoms with Gasteiger partial charge in [0, 0.05) is 24.6 Å². The molecule has 4 nitrogen and oxygen atoms in total. The van der Waals surface area contributed by atoms with Crippen LogP contribution in [-0.4, -0.2) is 30.8 Å². The first-order chi connectivity index (χ1) is 13.8. The largest absolute Gasteiger partial charge is 0.491 e. The summed E-state index contributed by atoms with van der Waals surface area (Å²) < 4.78 is 20.9. The van der Waals surface area contributed by atoms with E-state index in [-0.39, 0.29) is 11.5 Å².